The zero-order chi connectivity index (χ0) is 47.3. The molecule has 65 heavy (non-hydrogen) atoms. The van der Waals surface area contributed by atoms with Gasteiger partial charge in [0.15, 0.2) is 6.29 Å². The van der Waals surface area contributed by atoms with Crippen LogP contribution in [-0.2, 0) is 14.3 Å². The van der Waals surface area contributed by atoms with Gasteiger partial charge in [-0.15, -0.1) is 0 Å². The third kappa shape index (κ3) is 35.9. The van der Waals surface area contributed by atoms with E-state index in [0.717, 1.165) is 64.2 Å². The van der Waals surface area contributed by atoms with Crippen LogP contribution in [-0.4, -0.2) is 87.5 Å². The fraction of sp³-hybridized carbons (Fsp3) is 0.839. The number of amides is 1. The molecule has 1 aliphatic rings. The van der Waals surface area contributed by atoms with Gasteiger partial charge in [-0.1, -0.05) is 223 Å². The van der Waals surface area contributed by atoms with E-state index in [0.29, 0.717) is 6.42 Å². The van der Waals surface area contributed by atoms with Gasteiger partial charge in [0.2, 0.25) is 5.91 Å². The lowest BCUT2D eigenvalue weighted by Gasteiger charge is -2.40. The van der Waals surface area contributed by atoms with Crippen LogP contribution in [0.1, 0.15) is 245 Å². The second-order valence-corrected chi connectivity index (χ2v) is 19.0. The van der Waals surface area contributed by atoms with Crippen molar-refractivity contribution in [3.05, 3.63) is 48.6 Å². The fourth-order valence-corrected chi connectivity index (χ4v) is 8.50. The van der Waals surface area contributed by atoms with Gasteiger partial charge in [0.1, 0.15) is 24.4 Å². The van der Waals surface area contributed by atoms with Crippen molar-refractivity contribution >= 4 is 5.91 Å². The number of nitrogens with one attached hydrogen (secondary N) is 1. The Balaban J connectivity index is 2.26. The number of hydrogen-bond donors (Lipinski definition) is 6. The first-order valence-corrected chi connectivity index (χ1v) is 27.4. The van der Waals surface area contributed by atoms with E-state index in [1.165, 1.54) is 161 Å². The minimum Gasteiger partial charge on any atom is -0.394 e. The maximum Gasteiger partial charge on any atom is 0.220 e. The minimum atomic E-state index is -1.58. The predicted molar refractivity (Wildman–Crippen MR) is 272 cm³/mol. The molecular formula is C56H103NO8. The molecule has 0 bridgehead atoms. The van der Waals surface area contributed by atoms with Crippen LogP contribution in [0.25, 0.3) is 0 Å². The van der Waals surface area contributed by atoms with Crippen LogP contribution in [0.4, 0.5) is 0 Å². The highest BCUT2D eigenvalue weighted by Gasteiger charge is 2.44. The standard InChI is InChI=1S/C56H103NO8/c1-3-5-7-9-11-13-15-17-19-20-21-22-23-24-25-26-27-28-29-30-32-33-35-37-39-41-43-45-50(59)49(48-64-56-55(63)54(62)53(61)51(47-58)65-56)57-52(60)46-44-42-40-38-36-34-31-18-16-14-12-10-8-6-4-2/h12,14,18,31,35,37,43,45,49-51,53-56,58-59,61-63H,3-11,13,15-17,19-30,32-34,36,38-42,44,46-48H2,1-2H3,(H,57,60)/b14-12-,31-18-,37-35+,45-43+. The first-order chi connectivity index (χ1) is 31.8. The molecule has 1 saturated heterocycles. The molecule has 7 unspecified atom stereocenters. The number of aliphatic hydroxyl groups excluding tert-OH is 5. The van der Waals surface area contributed by atoms with Gasteiger partial charge >= 0.3 is 0 Å². The van der Waals surface area contributed by atoms with Crippen molar-refractivity contribution in [2.45, 2.75) is 288 Å². The minimum absolute atomic E-state index is 0.200. The largest absolute Gasteiger partial charge is 0.394 e. The topological polar surface area (TPSA) is 149 Å². The molecule has 380 valence electrons. The molecule has 0 aliphatic carbocycles. The van der Waals surface area contributed by atoms with E-state index in [-0.39, 0.29) is 12.5 Å². The molecule has 0 aromatic rings. The Bertz CT molecular complexity index is 1160. The Morgan fingerprint density at radius 3 is 1.42 bits per heavy atom. The molecular weight excluding hydrogens is 815 g/mol. The van der Waals surface area contributed by atoms with Gasteiger partial charge in [-0.3, -0.25) is 4.79 Å². The van der Waals surface area contributed by atoms with Crippen LogP contribution in [0.3, 0.4) is 0 Å². The number of aliphatic hydroxyl groups is 5. The number of allylic oxidation sites excluding steroid dienone is 7. The summed E-state index contributed by atoms with van der Waals surface area (Å²) >= 11 is 0. The lowest BCUT2D eigenvalue weighted by atomic mass is 9.99. The smallest absolute Gasteiger partial charge is 0.220 e. The number of hydrogen-bond acceptors (Lipinski definition) is 8. The van der Waals surface area contributed by atoms with E-state index in [9.17, 15) is 30.3 Å². The maximum absolute atomic E-state index is 13.0. The lowest BCUT2D eigenvalue weighted by molar-refractivity contribution is -0.302. The maximum atomic E-state index is 13.0. The van der Waals surface area contributed by atoms with E-state index < -0.39 is 49.5 Å². The summed E-state index contributed by atoms with van der Waals surface area (Å²) in [7, 11) is 0. The van der Waals surface area contributed by atoms with Crippen LogP contribution in [0.2, 0.25) is 0 Å². The number of carbonyl (C=O) groups is 1. The van der Waals surface area contributed by atoms with Crippen molar-refractivity contribution in [1.29, 1.82) is 0 Å². The van der Waals surface area contributed by atoms with Crippen LogP contribution in [0.15, 0.2) is 48.6 Å². The number of rotatable bonds is 46. The normalized spacial score (nSPS) is 20.3. The Labute approximate surface area is 399 Å². The van der Waals surface area contributed by atoms with Crippen molar-refractivity contribution in [2.75, 3.05) is 13.2 Å². The van der Waals surface area contributed by atoms with Crippen molar-refractivity contribution in [1.82, 2.24) is 5.32 Å². The highest BCUT2D eigenvalue weighted by Crippen LogP contribution is 2.23. The molecule has 1 aliphatic heterocycles. The van der Waals surface area contributed by atoms with Gasteiger partial charge < -0.3 is 40.3 Å². The third-order valence-corrected chi connectivity index (χ3v) is 12.9. The monoisotopic (exact) mass is 918 g/mol. The highest BCUT2D eigenvalue weighted by molar-refractivity contribution is 5.76. The van der Waals surface area contributed by atoms with Crippen LogP contribution in [0.5, 0.6) is 0 Å². The summed E-state index contributed by atoms with van der Waals surface area (Å²) in [4.78, 5) is 13.0. The molecule has 0 aromatic carbocycles. The van der Waals surface area contributed by atoms with Crippen molar-refractivity contribution < 1.29 is 39.8 Å². The van der Waals surface area contributed by atoms with Crippen LogP contribution in [0, 0.1) is 0 Å². The summed E-state index contributed by atoms with van der Waals surface area (Å²) in [5, 5.41) is 54.3. The summed E-state index contributed by atoms with van der Waals surface area (Å²) in [6, 6.07) is -0.830. The average Bonchev–Trinajstić information content (AvgIpc) is 3.31. The van der Waals surface area contributed by atoms with Gasteiger partial charge in [0.25, 0.3) is 0 Å². The van der Waals surface area contributed by atoms with Gasteiger partial charge in [-0.2, -0.15) is 0 Å². The number of ether oxygens (including phenoxy) is 2. The second kappa shape index (κ2) is 45.9. The van der Waals surface area contributed by atoms with E-state index in [2.05, 4.69) is 55.6 Å². The molecule has 6 N–H and O–H groups in total. The zero-order valence-corrected chi connectivity index (χ0v) is 42.0. The van der Waals surface area contributed by atoms with E-state index in [4.69, 9.17) is 9.47 Å². The van der Waals surface area contributed by atoms with Crippen LogP contribution >= 0.6 is 0 Å². The van der Waals surface area contributed by atoms with Crippen LogP contribution < -0.4 is 5.32 Å². The van der Waals surface area contributed by atoms with E-state index >= 15 is 0 Å². The molecule has 1 heterocycles. The molecule has 1 rings (SSSR count). The second-order valence-electron chi connectivity index (χ2n) is 19.0. The first-order valence-electron chi connectivity index (χ1n) is 27.4. The number of carbonyl (C=O) groups excluding carboxylic acids is 1. The summed E-state index contributed by atoms with van der Waals surface area (Å²) in [5.74, 6) is -0.200. The SMILES string of the molecule is CCCCC/C=C\C/C=C\CCCCCCCC(=O)NC(COC1OC(CO)C(O)C(O)C1O)C(O)/C=C/CC/C=C/CCCCCCCCCCCCCCCCCCCCCCC. The molecule has 9 heteroatoms. The molecule has 0 aromatic heterocycles. The van der Waals surface area contributed by atoms with Gasteiger partial charge in [-0.05, 0) is 64.2 Å². The molecule has 0 spiro atoms. The lowest BCUT2D eigenvalue weighted by Crippen LogP contribution is -2.60. The summed E-state index contributed by atoms with van der Waals surface area (Å²) in [5.41, 5.74) is 0. The van der Waals surface area contributed by atoms with E-state index in [1.54, 1.807) is 6.08 Å². The molecule has 7 atom stereocenters. The number of unbranched alkanes of at least 4 members (excludes halogenated alkanes) is 30. The van der Waals surface area contributed by atoms with Crippen molar-refractivity contribution in [2.24, 2.45) is 0 Å². The molecule has 0 saturated carbocycles. The first kappa shape index (κ1) is 61.2. The predicted octanol–water partition coefficient (Wildman–Crippen LogP) is 13.0. The van der Waals surface area contributed by atoms with Gasteiger partial charge in [0.05, 0.1) is 25.4 Å². The van der Waals surface area contributed by atoms with E-state index in [1.807, 2.05) is 6.08 Å². The Hall–Kier alpha value is -1.85. The summed E-state index contributed by atoms with van der Waals surface area (Å²) < 4.78 is 11.2. The molecule has 1 fully saturated rings. The van der Waals surface area contributed by atoms with Crippen molar-refractivity contribution in [3.63, 3.8) is 0 Å². The Kier molecular flexibility index (Phi) is 43.2. The van der Waals surface area contributed by atoms with Gasteiger partial charge in [-0.25, -0.2) is 0 Å². The summed E-state index contributed by atoms with van der Waals surface area (Å²) in [6.07, 6.45) is 53.2. The quantitative estimate of drug-likeness (QED) is 0.0261. The third-order valence-electron chi connectivity index (χ3n) is 12.9. The highest BCUT2D eigenvalue weighted by atomic mass is 16.7. The Morgan fingerprint density at radius 2 is 0.923 bits per heavy atom. The van der Waals surface area contributed by atoms with Gasteiger partial charge in [0, 0.05) is 6.42 Å². The molecule has 0 radical (unpaired) electrons. The summed E-state index contributed by atoms with van der Waals surface area (Å²) in [6.45, 7) is 3.74. The molecule has 9 nitrogen and oxygen atoms in total. The average molecular weight is 918 g/mol. The fourth-order valence-electron chi connectivity index (χ4n) is 8.50. The zero-order valence-electron chi connectivity index (χ0n) is 42.0. The van der Waals surface area contributed by atoms with Crippen molar-refractivity contribution in [3.8, 4) is 0 Å². The Morgan fingerprint density at radius 1 is 0.523 bits per heavy atom. The molecule has 1 amide bonds.